The Morgan fingerprint density at radius 3 is 3.15 bits per heavy atom. The molecule has 6 heteroatoms. The molecule has 0 saturated carbocycles. The molecule has 1 N–H and O–H groups in total. The molecule has 1 aliphatic rings. The van der Waals surface area contributed by atoms with E-state index in [4.69, 9.17) is 14.6 Å². The van der Waals surface area contributed by atoms with E-state index in [0.717, 1.165) is 17.7 Å². The summed E-state index contributed by atoms with van der Waals surface area (Å²) in [5.41, 5.74) is 1.88. The van der Waals surface area contributed by atoms with Gasteiger partial charge in [-0.05, 0) is 18.1 Å². The van der Waals surface area contributed by atoms with Crippen LogP contribution in [0.1, 0.15) is 18.2 Å². The minimum absolute atomic E-state index is 0.391. The highest BCUT2D eigenvalue weighted by Crippen LogP contribution is 2.34. The molecule has 1 unspecified atom stereocenters. The van der Waals surface area contributed by atoms with E-state index in [1.807, 2.05) is 18.4 Å². The first-order valence-electron chi connectivity index (χ1n) is 6.30. The Hall–Kier alpha value is -2.08. The van der Waals surface area contributed by atoms with Gasteiger partial charge in [0.25, 0.3) is 5.19 Å². The number of carboxylic acids is 1. The Morgan fingerprint density at radius 2 is 2.45 bits per heavy atom. The number of aliphatic carboxylic acids is 1. The van der Waals surface area contributed by atoms with Crippen molar-refractivity contribution in [3.63, 3.8) is 0 Å². The molecule has 0 spiro atoms. The van der Waals surface area contributed by atoms with Gasteiger partial charge in [-0.2, -0.15) is 0 Å². The van der Waals surface area contributed by atoms with E-state index in [2.05, 4.69) is 4.98 Å². The second kappa shape index (κ2) is 5.13. The standard InChI is InChI=1S/C14H13NO4S/c1-2-9-7-20-14(15-9)18-10-4-3-8-5-12(13(16)17)19-11(8)6-10/h3-4,6-7,12H,2,5H2,1H3,(H,16,17). The topological polar surface area (TPSA) is 68.7 Å². The number of hydrogen-bond acceptors (Lipinski definition) is 5. The normalized spacial score (nSPS) is 16.6. The van der Waals surface area contributed by atoms with E-state index in [1.54, 1.807) is 12.1 Å². The molecule has 0 aliphatic carbocycles. The Kier molecular flexibility index (Phi) is 3.31. The summed E-state index contributed by atoms with van der Waals surface area (Å²) in [6, 6.07) is 5.35. The zero-order valence-electron chi connectivity index (χ0n) is 10.8. The number of fused-ring (bicyclic) bond motifs is 1. The third kappa shape index (κ3) is 2.46. The highest BCUT2D eigenvalue weighted by molar-refractivity contribution is 7.11. The number of hydrogen-bond donors (Lipinski definition) is 1. The number of nitrogens with zero attached hydrogens (tertiary/aromatic N) is 1. The maximum Gasteiger partial charge on any atom is 0.345 e. The first kappa shape index (κ1) is 12.9. The lowest BCUT2D eigenvalue weighted by Gasteiger charge is -2.05. The van der Waals surface area contributed by atoms with Gasteiger partial charge in [0, 0.05) is 17.9 Å². The van der Waals surface area contributed by atoms with E-state index in [0.29, 0.717) is 23.1 Å². The minimum atomic E-state index is -0.948. The van der Waals surface area contributed by atoms with Crippen molar-refractivity contribution in [1.29, 1.82) is 0 Å². The van der Waals surface area contributed by atoms with Crippen LogP contribution in [0.2, 0.25) is 0 Å². The summed E-state index contributed by atoms with van der Waals surface area (Å²) in [4.78, 5) is 15.2. The highest BCUT2D eigenvalue weighted by Gasteiger charge is 2.29. The molecule has 2 heterocycles. The maximum absolute atomic E-state index is 10.9. The van der Waals surface area contributed by atoms with Crippen molar-refractivity contribution in [3.8, 4) is 16.7 Å². The van der Waals surface area contributed by atoms with Crippen molar-refractivity contribution in [1.82, 2.24) is 4.98 Å². The van der Waals surface area contributed by atoms with Gasteiger partial charge in [-0.3, -0.25) is 0 Å². The maximum atomic E-state index is 10.9. The molecule has 20 heavy (non-hydrogen) atoms. The number of aryl methyl sites for hydroxylation is 1. The van der Waals surface area contributed by atoms with Crippen LogP contribution in [-0.4, -0.2) is 22.2 Å². The summed E-state index contributed by atoms with van der Waals surface area (Å²) in [5, 5.41) is 11.5. The fourth-order valence-electron chi connectivity index (χ4n) is 2.01. The predicted molar refractivity (Wildman–Crippen MR) is 73.8 cm³/mol. The molecular weight excluding hydrogens is 278 g/mol. The summed E-state index contributed by atoms with van der Waals surface area (Å²) < 4.78 is 11.0. The SMILES string of the molecule is CCc1csc(Oc2ccc3c(c2)OC(C(=O)O)C3)n1. The summed E-state index contributed by atoms with van der Waals surface area (Å²) >= 11 is 1.44. The Labute approximate surface area is 119 Å². The molecule has 0 radical (unpaired) electrons. The van der Waals surface area contributed by atoms with Crippen molar-refractivity contribution < 1.29 is 19.4 Å². The third-order valence-corrected chi connectivity index (χ3v) is 3.85. The van der Waals surface area contributed by atoms with Gasteiger partial charge in [0.2, 0.25) is 0 Å². The van der Waals surface area contributed by atoms with Crippen LogP contribution in [-0.2, 0) is 17.6 Å². The van der Waals surface area contributed by atoms with E-state index >= 15 is 0 Å². The van der Waals surface area contributed by atoms with Gasteiger partial charge in [0.1, 0.15) is 11.5 Å². The molecule has 0 amide bonds. The lowest BCUT2D eigenvalue weighted by molar-refractivity contribution is -0.144. The van der Waals surface area contributed by atoms with Crippen molar-refractivity contribution >= 4 is 17.3 Å². The molecule has 1 aromatic carbocycles. The second-order valence-electron chi connectivity index (χ2n) is 4.48. The Balaban J connectivity index is 1.77. The van der Waals surface area contributed by atoms with Crippen LogP contribution in [0.15, 0.2) is 23.6 Å². The van der Waals surface area contributed by atoms with Gasteiger partial charge < -0.3 is 14.6 Å². The number of thiazole rings is 1. The molecule has 1 atom stereocenters. The fourth-order valence-corrected chi connectivity index (χ4v) is 2.78. The van der Waals surface area contributed by atoms with Gasteiger partial charge in [-0.1, -0.05) is 24.3 Å². The number of benzene rings is 1. The van der Waals surface area contributed by atoms with Crippen molar-refractivity contribution in [2.45, 2.75) is 25.9 Å². The zero-order chi connectivity index (χ0) is 14.1. The first-order valence-corrected chi connectivity index (χ1v) is 7.18. The monoisotopic (exact) mass is 291 g/mol. The van der Waals surface area contributed by atoms with Gasteiger partial charge in [0.05, 0.1) is 5.69 Å². The van der Waals surface area contributed by atoms with Crippen LogP contribution in [0.25, 0.3) is 0 Å². The molecule has 0 fully saturated rings. The summed E-state index contributed by atoms with van der Waals surface area (Å²) in [6.45, 7) is 2.04. The predicted octanol–water partition coefficient (Wildman–Crippen LogP) is 2.89. The van der Waals surface area contributed by atoms with Gasteiger partial charge in [0.15, 0.2) is 6.10 Å². The van der Waals surface area contributed by atoms with Crippen LogP contribution < -0.4 is 9.47 Å². The lowest BCUT2D eigenvalue weighted by atomic mass is 10.1. The van der Waals surface area contributed by atoms with Crippen LogP contribution in [0, 0.1) is 0 Å². The third-order valence-electron chi connectivity index (χ3n) is 3.09. The molecule has 3 rings (SSSR count). The van der Waals surface area contributed by atoms with E-state index in [1.165, 1.54) is 11.3 Å². The van der Waals surface area contributed by atoms with E-state index in [9.17, 15) is 4.79 Å². The number of aromatic nitrogens is 1. The zero-order valence-corrected chi connectivity index (χ0v) is 11.6. The molecule has 1 aliphatic heterocycles. The summed E-state index contributed by atoms with van der Waals surface area (Å²) in [6.07, 6.45) is 0.460. The second-order valence-corrected chi connectivity index (χ2v) is 5.30. The number of carbonyl (C=O) groups is 1. The van der Waals surface area contributed by atoms with Crippen molar-refractivity contribution in [2.24, 2.45) is 0 Å². The Morgan fingerprint density at radius 1 is 1.60 bits per heavy atom. The van der Waals surface area contributed by atoms with Crippen LogP contribution >= 0.6 is 11.3 Å². The van der Waals surface area contributed by atoms with Crippen molar-refractivity contribution in [3.05, 3.63) is 34.8 Å². The molecule has 5 nitrogen and oxygen atoms in total. The lowest BCUT2D eigenvalue weighted by Crippen LogP contribution is -2.24. The molecule has 2 aromatic rings. The van der Waals surface area contributed by atoms with Crippen LogP contribution in [0.5, 0.6) is 16.7 Å². The molecule has 1 aromatic heterocycles. The van der Waals surface area contributed by atoms with Gasteiger partial charge in [-0.25, -0.2) is 9.78 Å². The van der Waals surface area contributed by atoms with Crippen molar-refractivity contribution in [2.75, 3.05) is 0 Å². The van der Waals surface area contributed by atoms with Gasteiger partial charge >= 0.3 is 5.97 Å². The van der Waals surface area contributed by atoms with Crippen LogP contribution in [0.4, 0.5) is 0 Å². The van der Waals surface area contributed by atoms with E-state index in [-0.39, 0.29) is 0 Å². The molecule has 104 valence electrons. The largest absolute Gasteiger partial charge is 0.478 e. The minimum Gasteiger partial charge on any atom is -0.478 e. The number of carboxylic acid groups (broad SMARTS) is 1. The van der Waals surface area contributed by atoms with Gasteiger partial charge in [-0.15, -0.1) is 0 Å². The molecule has 0 bridgehead atoms. The molecule has 0 saturated heterocycles. The number of ether oxygens (including phenoxy) is 2. The Bertz CT molecular complexity index is 652. The average Bonchev–Trinajstić information content (AvgIpc) is 3.04. The summed E-state index contributed by atoms with van der Waals surface area (Å²) in [7, 11) is 0. The fraction of sp³-hybridized carbons (Fsp3) is 0.286. The number of rotatable bonds is 4. The average molecular weight is 291 g/mol. The van der Waals surface area contributed by atoms with Crippen LogP contribution in [0.3, 0.4) is 0 Å². The quantitative estimate of drug-likeness (QED) is 0.938. The first-order chi connectivity index (χ1) is 9.65. The van der Waals surface area contributed by atoms with E-state index < -0.39 is 12.1 Å². The highest BCUT2D eigenvalue weighted by atomic mass is 32.1. The molecular formula is C14H13NO4S. The summed E-state index contributed by atoms with van der Waals surface area (Å²) in [5.74, 6) is 0.227. The smallest absolute Gasteiger partial charge is 0.345 e.